The molecule has 16 heavy (non-hydrogen) atoms. The lowest BCUT2D eigenvalue weighted by atomic mass is 9.82. The predicted molar refractivity (Wildman–Crippen MR) is 78.4 cm³/mol. The Kier molecular flexibility index (Phi) is 4.38. The standard InChI is InChI=1S/C12H18BrNS2/c1-12(2)3-4-15-8-11(12)14-6-10-5-9(13)7-16-10/h5,7,11,14H,3-4,6,8H2,1-2H3. The Bertz CT molecular complexity index is 349. The average Bonchev–Trinajstić information content (AvgIpc) is 2.62. The van der Waals surface area contributed by atoms with Gasteiger partial charge in [0.25, 0.3) is 0 Å². The zero-order valence-corrected chi connectivity index (χ0v) is 13.0. The van der Waals surface area contributed by atoms with E-state index >= 15 is 0 Å². The van der Waals surface area contributed by atoms with E-state index in [1.165, 1.54) is 27.3 Å². The molecule has 1 nitrogen and oxygen atoms in total. The van der Waals surface area contributed by atoms with E-state index in [0.717, 1.165) is 6.54 Å². The van der Waals surface area contributed by atoms with Crippen LogP contribution in [0.15, 0.2) is 15.9 Å². The van der Waals surface area contributed by atoms with Gasteiger partial charge in [-0.05, 0) is 39.6 Å². The van der Waals surface area contributed by atoms with Gasteiger partial charge in [0.15, 0.2) is 0 Å². The van der Waals surface area contributed by atoms with Crippen LogP contribution in [0.2, 0.25) is 0 Å². The summed E-state index contributed by atoms with van der Waals surface area (Å²) in [4.78, 5) is 1.42. The van der Waals surface area contributed by atoms with Gasteiger partial charge in [0.1, 0.15) is 0 Å². The molecule has 1 fully saturated rings. The van der Waals surface area contributed by atoms with E-state index in [4.69, 9.17) is 0 Å². The molecule has 1 aliphatic heterocycles. The highest BCUT2D eigenvalue weighted by Gasteiger charge is 2.31. The van der Waals surface area contributed by atoms with E-state index in [1.54, 1.807) is 0 Å². The molecule has 1 unspecified atom stereocenters. The van der Waals surface area contributed by atoms with Crippen LogP contribution in [0.3, 0.4) is 0 Å². The van der Waals surface area contributed by atoms with Gasteiger partial charge < -0.3 is 5.32 Å². The van der Waals surface area contributed by atoms with E-state index in [2.05, 4.69) is 58.3 Å². The Morgan fingerprint density at radius 2 is 2.38 bits per heavy atom. The van der Waals surface area contributed by atoms with Gasteiger partial charge in [-0.2, -0.15) is 11.8 Å². The fraction of sp³-hybridized carbons (Fsp3) is 0.667. The Labute approximate surface area is 115 Å². The largest absolute Gasteiger partial charge is 0.308 e. The highest BCUT2D eigenvalue weighted by atomic mass is 79.9. The van der Waals surface area contributed by atoms with Crippen LogP contribution in [0.5, 0.6) is 0 Å². The molecular weight excluding hydrogens is 302 g/mol. The van der Waals surface area contributed by atoms with Crippen molar-refractivity contribution in [2.75, 3.05) is 11.5 Å². The third-order valence-electron chi connectivity index (χ3n) is 3.26. The maximum atomic E-state index is 3.71. The summed E-state index contributed by atoms with van der Waals surface area (Å²) in [6, 6.07) is 2.85. The fourth-order valence-electron chi connectivity index (χ4n) is 1.94. The maximum Gasteiger partial charge on any atom is 0.0303 e. The van der Waals surface area contributed by atoms with E-state index in [0.29, 0.717) is 11.5 Å². The zero-order chi connectivity index (χ0) is 11.6. The van der Waals surface area contributed by atoms with Crippen LogP contribution in [-0.2, 0) is 6.54 Å². The molecule has 1 N–H and O–H groups in total. The van der Waals surface area contributed by atoms with Gasteiger partial charge in [-0.3, -0.25) is 0 Å². The van der Waals surface area contributed by atoms with Crippen molar-refractivity contribution in [2.24, 2.45) is 5.41 Å². The van der Waals surface area contributed by atoms with Gasteiger partial charge in [-0.25, -0.2) is 0 Å². The van der Waals surface area contributed by atoms with E-state index in [9.17, 15) is 0 Å². The second-order valence-electron chi connectivity index (χ2n) is 4.98. The first kappa shape index (κ1) is 12.9. The minimum absolute atomic E-state index is 0.444. The van der Waals surface area contributed by atoms with E-state index in [1.807, 2.05) is 11.3 Å². The van der Waals surface area contributed by atoms with E-state index < -0.39 is 0 Å². The molecule has 1 saturated heterocycles. The number of hydrogen-bond acceptors (Lipinski definition) is 3. The number of rotatable bonds is 3. The topological polar surface area (TPSA) is 12.0 Å². The normalized spacial score (nSPS) is 24.6. The quantitative estimate of drug-likeness (QED) is 0.899. The lowest BCUT2D eigenvalue weighted by molar-refractivity contribution is 0.245. The van der Waals surface area contributed by atoms with Gasteiger partial charge in [0.05, 0.1) is 0 Å². The molecule has 1 atom stereocenters. The molecule has 0 aliphatic carbocycles. The molecule has 2 rings (SSSR count). The second-order valence-corrected chi connectivity index (χ2v) is 8.04. The summed E-state index contributed by atoms with van der Waals surface area (Å²) in [5.41, 5.74) is 0.444. The summed E-state index contributed by atoms with van der Waals surface area (Å²) in [5, 5.41) is 5.86. The highest BCUT2D eigenvalue weighted by Crippen LogP contribution is 2.34. The van der Waals surface area contributed by atoms with Crippen molar-refractivity contribution < 1.29 is 0 Å². The Morgan fingerprint density at radius 3 is 3.00 bits per heavy atom. The molecule has 90 valence electrons. The maximum absolute atomic E-state index is 3.71. The van der Waals surface area contributed by atoms with E-state index in [-0.39, 0.29) is 0 Å². The highest BCUT2D eigenvalue weighted by molar-refractivity contribution is 9.10. The van der Waals surface area contributed by atoms with Crippen LogP contribution >= 0.6 is 39.0 Å². The Hall–Kier alpha value is 0.490. The van der Waals surface area contributed by atoms with Gasteiger partial charge in [0, 0.05) is 33.1 Å². The first-order valence-corrected chi connectivity index (χ1v) is 8.45. The summed E-state index contributed by atoms with van der Waals surface area (Å²) < 4.78 is 1.20. The van der Waals surface area contributed by atoms with Crippen molar-refractivity contribution in [1.29, 1.82) is 0 Å². The van der Waals surface area contributed by atoms with Gasteiger partial charge in [-0.15, -0.1) is 11.3 Å². The molecule has 0 aromatic carbocycles. The molecule has 0 radical (unpaired) electrons. The monoisotopic (exact) mass is 319 g/mol. The molecule has 0 amide bonds. The third-order valence-corrected chi connectivity index (χ3v) is 6.02. The number of thioether (sulfide) groups is 1. The van der Waals surface area contributed by atoms with Crippen LogP contribution in [0.1, 0.15) is 25.1 Å². The van der Waals surface area contributed by atoms with Crippen LogP contribution in [0, 0.1) is 5.41 Å². The molecule has 0 spiro atoms. The minimum Gasteiger partial charge on any atom is -0.308 e. The summed E-state index contributed by atoms with van der Waals surface area (Å²) >= 11 is 7.40. The average molecular weight is 320 g/mol. The van der Waals surface area contributed by atoms with Crippen LogP contribution < -0.4 is 5.32 Å². The zero-order valence-electron chi connectivity index (χ0n) is 9.75. The number of hydrogen-bond donors (Lipinski definition) is 1. The first-order chi connectivity index (χ1) is 7.58. The van der Waals surface area contributed by atoms with Crippen molar-refractivity contribution in [3.8, 4) is 0 Å². The summed E-state index contributed by atoms with van der Waals surface area (Å²) in [5.74, 6) is 2.56. The number of halogens is 1. The van der Waals surface area contributed by atoms with Crippen molar-refractivity contribution in [3.05, 3.63) is 20.8 Å². The summed E-state index contributed by atoms with van der Waals surface area (Å²) in [6.45, 7) is 5.77. The second kappa shape index (κ2) is 5.42. The van der Waals surface area contributed by atoms with Crippen molar-refractivity contribution in [3.63, 3.8) is 0 Å². The number of nitrogens with one attached hydrogen (secondary N) is 1. The molecule has 2 heterocycles. The summed E-state index contributed by atoms with van der Waals surface area (Å²) in [6.07, 6.45) is 1.32. The molecular formula is C12H18BrNS2. The van der Waals surface area contributed by atoms with Crippen molar-refractivity contribution in [2.45, 2.75) is 32.9 Å². The van der Waals surface area contributed by atoms with Crippen molar-refractivity contribution >= 4 is 39.0 Å². The lowest BCUT2D eigenvalue weighted by Gasteiger charge is -2.38. The lowest BCUT2D eigenvalue weighted by Crippen LogP contribution is -2.46. The number of thiophene rings is 1. The molecule has 1 aromatic heterocycles. The van der Waals surface area contributed by atoms with Crippen LogP contribution in [0.4, 0.5) is 0 Å². The van der Waals surface area contributed by atoms with Crippen LogP contribution in [0.25, 0.3) is 0 Å². The third kappa shape index (κ3) is 3.25. The fourth-order valence-corrected chi connectivity index (χ4v) is 4.99. The van der Waals surface area contributed by atoms with Gasteiger partial charge in [0.2, 0.25) is 0 Å². The molecule has 0 bridgehead atoms. The summed E-state index contributed by atoms with van der Waals surface area (Å²) in [7, 11) is 0. The molecule has 1 aliphatic rings. The molecule has 0 saturated carbocycles. The minimum atomic E-state index is 0.444. The first-order valence-electron chi connectivity index (χ1n) is 5.62. The smallest absolute Gasteiger partial charge is 0.0303 e. The van der Waals surface area contributed by atoms with Crippen LogP contribution in [-0.4, -0.2) is 17.5 Å². The SMILES string of the molecule is CC1(C)CCSCC1NCc1cc(Br)cs1. The van der Waals surface area contributed by atoms with Gasteiger partial charge in [-0.1, -0.05) is 13.8 Å². The van der Waals surface area contributed by atoms with Gasteiger partial charge >= 0.3 is 0 Å². The van der Waals surface area contributed by atoms with Crippen molar-refractivity contribution in [1.82, 2.24) is 5.32 Å². The molecule has 4 heteroatoms. The predicted octanol–water partition coefficient (Wildman–Crippen LogP) is 4.13. The Morgan fingerprint density at radius 1 is 1.56 bits per heavy atom. The Balaban J connectivity index is 1.89. The molecule has 1 aromatic rings.